The van der Waals surface area contributed by atoms with Crippen LogP contribution >= 0.6 is 23.2 Å². The number of amides is 2. The van der Waals surface area contributed by atoms with Crippen molar-refractivity contribution in [2.75, 3.05) is 16.0 Å². The van der Waals surface area contributed by atoms with Crippen molar-refractivity contribution in [3.63, 3.8) is 0 Å². The summed E-state index contributed by atoms with van der Waals surface area (Å²) < 4.78 is 0. The number of anilines is 4. The summed E-state index contributed by atoms with van der Waals surface area (Å²) in [7, 11) is 0. The van der Waals surface area contributed by atoms with Crippen molar-refractivity contribution in [3.8, 4) is 0 Å². The number of halogens is 2. The molecule has 8 nitrogen and oxygen atoms in total. The second-order valence-electron chi connectivity index (χ2n) is 7.02. The van der Waals surface area contributed by atoms with E-state index in [1.54, 1.807) is 49.4 Å². The van der Waals surface area contributed by atoms with Crippen molar-refractivity contribution in [1.82, 2.24) is 9.97 Å². The number of nitrogens with zero attached hydrogens (tertiary/aromatic N) is 1. The Hall–Kier alpha value is -3.36. The molecule has 2 amide bonds. The molecule has 0 saturated carbocycles. The quantitative estimate of drug-likeness (QED) is 0.468. The van der Waals surface area contributed by atoms with Crippen LogP contribution in [0.3, 0.4) is 0 Å². The van der Waals surface area contributed by atoms with Gasteiger partial charge in [-0.3, -0.25) is 19.4 Å². The van der Waals surface area contributed by atoms with Gasteiger partial charge in [-0.2, -0.15) is 4.98 Å². The number of hydrogen-bond donors (Lipinski definition) is 4. The largest absolute Gasteiger partial charge is 0.326 e. The summed E-state index contributed by atoms with van der Waals surface area (Å²) in [6, 6.07) is 12.0. The number of nitrogens with one attached hydrogen (secondary N) is 4. The average Bonchev–Trinajstić information content (AvgIpc) is 2.70. The number of H-pyrrole nitrogens is 1. The smallest absolute Gasteiger partial charge is 0.258 e. The molecule has 0 saturated heterocycles. The van der Waals surface area contributed by atoms with Gasteiger partial charge in [-0.1, -0.05) is 35.3 Å². The highest BCUT2D eigenvalue weighted by Crippen LogP contribution is 2.31. The van der Waals surface area contributed by atoms with E-state index in [2.05, 4.69) is 25.9 Å². The van der Waals surface area contributed by atoms with E-state index in [1.165, 1.54) is 0 Å². The molecule has 0 radical (unpaired) electrons. The zero-order chi connectivity index (χ0) is 22.1. The maximum Gasteiger partial charge on any atom is 0.258 e. The van der Waals surface area contributed by atoms with Crippen LogP contribution in [0.2, 0.25) is 10.0 Å². The normalized spacial score (nSPS) is 15.1. The minimum absolute atomic E-state index is 0.0347. The van der Waals surface area contributed by atoms with Crippen LogP contribution in [-0.2, 0) is 9.59 Å². The van der Waals surface area contributed by atoms with Crippen molar-refractivity contribution in [2.24, 2.45) is 0 Å². The monoisotopic (exact) mass is 457 g/mol. The van der Waals surface area contributed by atoms with Crippen molar-refractivity contribution in [1.29, 1.82) is 0 Å². The van der Waals surface area contributed by atoms with E-state index in [9.17, 15) is 14.4 Å². The Morgan fingerprint density at radius 2 is 1.94 bits per heavy atom. The van der Waals surface area contributed by atoms with Gasteiger partial charge in [0, 0.05) is 27.8 Å². The zero-order valence-corrected chi connectivity index (χ0v) is 17.8. The molecular formula is C21H17Cl2N5O3. The first kappa shape index (κ1) is 20.9. The molecule has 2 heterocycles. The van der Waals surface area contributed by atoms with Crippen molar-refractivity contribution >= 4 is 58.2 Å². The topological polar surface area (TPSA) is 116 Å². The number of fused-ring (bicyclic) bond motifs is 1. The fraction of sp³-hybridized carbons (Fsp3) is 0.143. The van der Waals surface area contributed by atoms with Gasteiger partial charge in [0.1, 0.15) is 5.82 Å². The van der Waals surface area contributed by atoms with Gasteiger partial charge in [0.2, 0.25) is 17.8 Å². The summed E-state index contributed by atoms with van der Waals surface area (Å²) in [6.07, 6.45) is -0.176. The van der Waals surface area contributed by atoms with Crippen LogP contribution in [-0.4, -0.2) is 21.8 Å². The molecule has 1 atom stereocenters. The number of benzene rings is 2. The Balaban J connectivity index is 1.66. The minimum atomic E-state index is -1.00. The first-order valence-electron chi connectivity index (χ1n) is 9.34. The second-order valence-corrected chi connectivity index (χ2v) is 7.86. The molecule has 1 aliphatic rings. The Morgan fingerprint density at radius 1 is 1.16 bits per heavy atom. The SMILES string of the molecule is Cc1c(Cl)cccc1NC(=O)[C@H]1CC(=O)Nc2nc(Nc3cccc(Cl)c3)[nH]c(=O)c21. The molecule has 4 N–H and O–H groups in total. The minimum Gasteiger partial charge on any atom is -0.326 e. The number of aromatic nitrogens is 2. The number of rotatable bonds is 4. The van der Waals surface area contributed by atoms with Gasteiger partial charge in [0.05, 0.1) is 11.5 Å². The maximum atomic E-state index is 13.0. The average molecular weight is 458 g/mol. The van der Waals surface area contributed by atoms with Crippen molar-refractivity contribution in [3.05, 3.63) is 74.0 Å². The summed E-state index contributed by atoms with van der Waals surface area (Å²) in [4.78, 5) is 44.9. The van der Waals surface area contributed by atoms with Crippen LogP contribution < -0.4 is 21.5 Å². The highest BCUT2D eigenvalue weighted by atomic mass is 35.5. The molecular weight excluding hydrogens is 441 g/mol. The van der Waals surface area contributed by atoms with Gasteiger partial charge in [0.15, 0.2) is 0 Å². The van der Waals surface area contributed by atoms with E-state index in [0.717, 1.165) is 0 Å². The van der Waals surface area contributed by atoms with Crippen molar-refractivity contribution in [2.45, 2.75) is 19.3 Å². The number of aromatic amines is 1. The lowest BCUT2D eigenvalue weighted by atomic mass is 9.92. The van der Waals surface area contributed by atoms with Crippen LogP contribution in [0.5, 0.6) is 0 Å². The molecule has 0 unspecified atom stereocenters. The highest BCUT2D eigenvalue weighted by molar-refractivity contribution is 6.32. The predicted octanol–water partition coefficient (Wildman–Crippen LogP) is 4.19. The molecule has 10 heteroatoms. The summed E-state index contributed by atoms with van der Waals surface area (Å²) in [5.41, 5.74) is 1.36. The van der Waals surface area contributed by atoms with Gasteiger partial charge in [-0.15, -0.1) is 0 Å². The van der Waals surface area contributed by atoms with E-state index in [0.29, 0.717) is 27.0 Å². The second kappa shape index (κ2) is 8.41. The van der Waals surface area contributed by atoms with Gasteiger partial charge in [-0.25, -0.2) is 0 Å². The third kappa shape index (κ3) is 4.40. The summed E-state index contributed by atoms with van der Waals surface area (Å²) in [5, 5.41) is 9.26. The van der Waals surface area contributed by atoms with E-state index in [1.807, 2.05) is 0 Å². The molecule has 31 heavy (non-hydrogen) atoms. The van der Waals surface area contributed by atoms with Crippen LogP contribution in [0.25, 0.3) is 0 Å². The maximum absolute atomic E-state index is 13.0. The van der Waals surface area contributed by atoms with E-state index < -0.39 is 23.3 Å². The lowest BCUT2D eigenvalue weighted by molar-refractivity contribution is -0.123. The number of carbonyl (C=O) groups excluding carboxylic acids is 2. The van der Waals surface area contributed by atoms with E-state index in [4.69, 9.17) is 23.2 Å². The molecule has 1 aromatic heterocycles. The van der Waals surface area contributed by atoms with Crippen LogP contribution in [0, 0.1) is 6.92 Å². The van der Waals surface area contributed by atoms with Gasteiger partial charge in [0.25, 0.3) is 5.56 Å². The summed E-state index contributed by atoms with van der Waals surface area (Å²) in [5.74, 6) is -1.77. The Morgan fingerprint density at radius 3 is 2.71 bits per heavy atom. The first-order chi connectivity index (χ1) is 14.8. The fourth-order valence-electron chi connectivity index (χ4n) is 3.32. The number of hydrogen-bond acceptors (Lipinski definition) is 5. The predicted molar refractivity (Wildman–Crippen MR) is 120 cm³/mol. The van der Waals surface area contributed by atoms with Crippen LogP contribution in [0.15, 0.2) is 47.3 Å². The molecule has 0 spiro atoms. The molecule has 158 valence electrons. The Kier molecular flexibility index (Phi) is 5.67. The Labute approximate surface area is 187 Å². The van der Waals surface area contributed by atoms with Gasteiger partial charge < -0.3 is 16.0 Å². The first-order valence-corrected chi connectivity index (χ1v) is 10.1. The molecule has 0 aliphatic carbocycles. The molecule has 2 aromatic carbocycles. The fourth-order valence-corrected chi connectivity index (χ4v) is 3.69. The standard InChI is InChI=1S/C21H17Cl2N5O3/c1-10-14(23)6-3-7-15(10)25-19(30)13-9-16(29)26-18-17(13)20(31)28-21(27-18)24-12-5-2-4-11(22)8-12/h2-8,13H,9H2,1H3,(H,25,30)(H3,24,26,27,28,29,31)/t13-/m0/s1. The highest BCUT2D eigenvalue weighted by Gasteiger charge is 2.35. The molecule has 1 aliphatic heterocycles. The lowest BCUT2D eigenvalue weighted by Gasteiger charge is -2.24. The third-order valence-corrected chi connectivity index (χ3v) is 5.53. The summed E-state index contributed by atoms with van der Waals surface area (Å²) >= 11 is 12.1. The van der Waals surface area contributed by atoms with Crippen molar-refractivity contribution < 1.29 is 9.59 Å². The molecule has 0 bridgehead atoms. The zero-order valence-electron chi connectivity index (χ0n) is 16.3. The van der Waals surface area contributed by atoms with E-state index in [-0.39, 0.29) is 23.8 Å². The third-order valence-electron chi connectivity index (χ3n) is 4.88. The summed E-state index contributed by atoms with van der Waals surface area (Å²) in [6.45, 7) is 1.77. The molecule has 0 fully saturated rings. The lowest BCUT2D eigenvalue weighted by Crippen LogP contribution is -2.36. The molecule has 3 aromatic rings. The van der Waals surface area contributed by atoms with Crippen LogP contribution in [0.1, 0.15) is 23.5 Å². The number of carbonyl (C=O) groups is 2. The van der Waals surface area contributed by atoms with Gasteiger partial charge >= 0.3 is 0 Å². The van der Waals surface area contributed by atoms with Gasteiger partial charge in [-0.05, 0) is 42.8 Å². The Bertz CT molecular complexity index is 1260. The van der Waals surface area contributed by atoms with E-state index >= 15 is 0 Å². The molecule has 4 rings (SSSR count). The van der Waals surface area contributed by atoms with Crippen LogP contribution in [0.4, 0.5) is 23.1 Å².